The molecule has 0 saturated heterocycles. The normalized spacial score (nSPS) is 10.8. The van der Waals surface area contributed by atoms with E-state index in [4.69, 9.17) is 21.6 Å². The predicted octanol–water partition coefficient (Wildman–Crippen LogP) is 5.75. The van der Waals surface area contributed by atoms with Crippen molar-refractivity contribution in [3.05, 3.63) is 88.2 Å². The molecule has 1 aromatic heterocycles. The van der Waals surface area contributed by atoms with Crippen LogP contribution in [-0.2, 0) is 6.61 Å². The van der Waals surface area contributed by atoms with Gasteiger partial charge in [-0.25, -0.2) is 4.68 Å². The second kappa shape index (κ2) is 7.38. The number of nitrogens with zero attached hydrogens (tertiary/aromatic N) is 3. The van der Waals surface area contributed by atoms with E-state index < -0.39 is 0 Å². The van der Waals surface area contributed by atoms with Crippen molar-refractivity contribution in [3.63, 3.8) is 0 Å². The average molecular weight is 388 g/mol. The van der Waals surface area contributed by atoms with E-state index in [9.17, 15) is 0 Å². The van der Waals surface area contributed by atoms with E-state index in [0.29, 0.717) is 17.2 Å². The molecule has 1 heterocycles. The van der Waals surface area contributed by atoms with Gasteiger partial charge in [0.15, 0.2) is 5.75 Å². The lowest BCUT2D eigenvalue weighted by molar-refractivity contribution is 0.303. The van der Waals surface area contributed by atoms with Crippen LogP contribution in [0.1, 0.15) is 22.5 Å². The Bertz CT molecular complexity index is 1220. The van der Waals surface area contributed by atoms with Gasteiger partial charge in [-0.1, -0.05) is 54.1 Å². The van der Waals surface area contributed by atoms with Crippen molar-refractivity contribution >= 4 is 22.4 Å². The number of benzene rings is 3. The van der Waals surface area contributed by atoms with Gasteiger partial charge < -0.3 is 4.74 Å². The average Bonchev–Trinajstić information content (AvgIpc) is 3.00. The Balaban J connectivity index is 1.65. The molecule has 0 bridgehead atoms. The fourth-order valence-corrected chi connectivity index (χ4v) is 3.60. The minimum atomic E-state index is 0.408. The van der Waals surface area contributed by atoms with Gasteiger partial charge in [0.1, 0.15) is 18.4 Å². The zero-order valence-electron chi connectivity index (χ0n) is 15.6. The summed E-state index contributed by atoms with van der Waals surface area (Å²) in [6.07, 6.45) is 0. The van der Waals surface area contributed by atoms with E-state index in [1.807, 2.05) is 38.1 Å². The molecule has 0 N–H and O–H groups in total. The maximum atomic E-state index is 9.06. The number of aryl methyl sites for hydroxylation is 1. The highest BCUT2D eigenvalue weighted by molar-refractivity contribution is 6.31. The number of ether oxygens (including phenoxy) is 1. The molecule has 0 unspecified atom stereocenters. The molecule has 0 radical (unpaired) electrons. The summed E-state index contributed by atoms with van der Waals surface area (Å²) < 4.78 is 7.96. The maximum Gasteiger partial charge on any atom is 0.163 e. The van der Waals surface area contributed by atoms with E-state index in [1.165, 1.54) is 10.8 Å². The molecule has 0 amide bonds. The predicted molar refractivity (Wildman–Crippen MR) is 111 cm³/mol. The number of halogens is 1. The van der Waals surface area contributed by atoms with Crippen molar-refractivity contribution in [2.45, 2.75) is 20.5 Å². The van der Waals surface area contributed by atoms with Crippen LogP contribution in [0.5, 0.6) is 5.75 Å². The molecular formula is C23H18ClN3O. The van der Waals surface area contributed by atoms with Crippen molar-refractivity contribution in [3.8, 4) is 17.5 Å². The smallest absolute Gasteiger partial charge is 0.163 e. The maximum absolute atomic E-state index is 9.06. The number of hydrogen-bond donors (Lipinski definition) is 0. The lowest BCUT2D eigenvalue weighted by Crippen LogP contribution is -2.01. The van der Waals surface area contributed by atoms with Crippen molar-refractivity contribution in [2.75, 3.05) is 0 Å². The molecule has 28 heavy (non-hydrogen) atoms. The summed E-state index contributed by atoms with van der Waals surface area (Å²) in [5.41, 5.74) is 4.06. The number of nitriles is 1. The summed E-state index contributed by atoms with van der Waals surface area (Å²) in [4.78, 5) is 0. The Morgan fingerprint density at radius 1 is 1.07 bits per heavy atom. The van der Waals surface area contributed by atoms with Gasteiger partial charge in [0.2, 0.25) is 0 Å². The van der Waals surface area contributed by atoms with Gasteiger partial charge in [-0.3, -0.25) is 0 Å². The van der Waals surface area contributed by atoms with Crippen molar-refractivity contribution in [1.82, 2.24) is 9.78 Å². The lowest BCUT2D eigenvalue weighted by atomic mass is 10.1. The first-order valence-corrected chi connectivity index (χ1v) is 9.32. The van der Waals surface area contributed by atoms with Gasteiger partial charge in [0.05, 0.1) is 22.0 Å². The number of rotatable bonds is 4. The van der Waals surface area contributed by atoms with Crippen molar-refractivity contribution in [2.24, 2.45) is 0 Å². The standard InChI is InChI=1S/C23H18ClN3O/c1-15-23(28-14-19-8-5-7-17-6-3-4-9-21(17)19)16(2)27(26-15)20-11-10-18(13-25)22(24)12-20/h3-12H,14H2,1-2H3. The third-order valence-corrected chi connectivity index (χ3v) is 5.11. The van der Waals surface area contributed by atoms with Crippen LogP contribution in [0.15, 0.2) is 60.7 Å². The highest BCUT2D eigenvalue weighted by Gasteiger charge is 2.15. The third-order valence-electron chi connectivity index (χ3n) is 4.79. The summed E-state index contributed by atoms with van der Waals surface area (Å²) in [5, 5.41) is 16.5. The van der Waals surface area contributed by atoms with E-state index >= 15 is 0 Å². The quantitative estimate of drug-likeness (QED) is 0.448. The number of hydrogen-bond acceptors (Lipinski definition) is 3. The zero-order chi connectivity index (χ0) is 19.7. The van der Waals surface area contributed by atoms with Gasteiger partial charge in [-0.15, -0.1) is 0 Å². The van der Waals surface area contributed by atoms with E-state index in [2.05, 4.69) is 35.4 Å². The summed E-state index contributed by atoms with van der Waals surface area (Å²) in [6, 6.07) is 21.9. The molecule has 0 spiro atoms. The van der Waals surface area contributed by atoms with Gasteiger partial charge >= 0.3 is 0 Å². The Labute approximate surface area is 168 Å². The van der Waals surface area contributed by atoms with Crippen LogP contribution in [0.2, 0.25) is 5.02 Å². The molecule has 138 valence electrons. The largest absolute Gasteiger partial charge is 0.485 e. The first kappa shape index (κ1) is 18.1. The molecule has 4 aromatic rings. The Morgan fingerprint density at radius 3 is 2.64 bits per heavy atom. The van der Waals surface area contributed by atoms with Gasteiger partial charge in [-0.05, 0) is 48.4 Å². The SMILES string of the molecule is Cc1nn(-c2ccc(C#N)c(Cl)c2)c(C)c1OCc1cccc2ccccc12. The minimum Gasteiger partial charge on any atom is -0.485 e. The summed E-state index contributed by atoms with van der Waals surface area (Å²) in [5.74, 6) is 0.758. The molecular weight excluding hydrogens is 370 g/mol. The first-order valence-electron chi connectivity index (χ1n) is 8.94. The molecule has 4 nitrogen and oxygen atoms in total. The van der Waals surface area contributed by atoms with Gasteiger partial charge in [-0.2, -0.15) is 10.4 Å². The molecule has 0 aliphatic carbocycles. The molecule has 0 atom stereocenters. The summed E-state index contributed by atoms with van der Waals surface area (Å²) in [7, 11) is 0. The van der Waals surface area contributed by atoms with E-state index in [-0.39, 0.29) is 0 Å². The monoisotopic (exact) mass is 387 g/mol. The van der Waals surface area contributed by atoms with Crippen LogP contribution in [0.3, 0.4) is 0 Å². The van der Waals surface area contributed by atoms with Crippen LogP contribution in [-0.4, -0.2) is 9.78 Å². The number of aromatic nitrogens is 2. The van der Waals surface area contributed by atoms with E-state index in [0.717, 1.165) is 28.4 Å². The fraction of sp³-hybridized carbons (Fsp3) is 0.130. The molecule has 3 aromatic carbocycles. The Kier molecular flexibility index (Phi) is 4.77. The summed E-state index contributed by atoms with van der Waals surface area (Å²) >= 11 is 6.18. The third kappa shape index (κ3) is 3.21. The first-order chi connectivity index (χ1) is 13.6. The molecule has 5 heteroatoms. The van der Waals surface area contributed by atoms with Gasteiger partial charge in [0.25, 0.3) is 0 Å². The molecule has 0 aliphatic rings. The topological polar surface area (TPSA) is 50.8 Å². The van der Waals surface area contributed by atoms with E-state index in [1.54, 1.807) is 16.8 Å². The second-order valence-corrected chi connectivity index (χ2v) is 7.02. The minimum absolute atomic E-state index is 0.408. The van der Waals surface area contributed by atoms with Crippen LogP contribution in [0, 0.1) is 25.2 Å². The molecule has 4 rings (SSSR count). The summed E-state index contributed by atoms with van der Waals surface area (Å²) in [6.45, 7) is 4.35. The van der Waals surface area contributed by atoms with Crippen LogP contribution in [0.25, 0.3) is 16.5 Å². The lowest BCUT2D eigenvalue weighted by Gasteiger charge is -2.10. The van der Waals surface area contributed by atoms with Crippen molar-refractivity contribution in [1.29, 1.82) is 5.26 Å². The van der Waals surface area contributed by atoms with Crippen LogP contribution in [0.4, 0.5) is 0 Å². The molecule has 0 aliphatic heterocycles. The highest BCUT2D eigenvalue weighted by atomic mass is 35.5. The Hall–Kier alpha value is -3.29. The second-order valence-electron chi connectivity index (χ2n) is 6.61. The van der Waals surface area contributed by atoms with Crippen molar-refractivity contribution < 1.29 is 4.74 Å². The highest BCUT2D eigenvalue weighted by Crippen LogP contribution is 2.29. The van der Waals surface area contributed by atoms with Gasteiger partial charge in [0, 0.05) is 0 Å². The fourth-order valence-electron chi connectivity index (χ4n) is 3.38. The Morgan fingerprint density at radius 2 is 1.86 bits per heavy atom. The van der Waals surface area contributed by atoms with Crippen LogP contribution < -0.4 is 4.74 Å². The van der Waals surface area contributed by atoms with Crippen LogP contribution >= 0.6 is 11.6 Å². The zero-order valence-corrected chi connectivity index (χ0v) is 16.4. The number of fused-ring (bicyclic) bond motifs is 1. The molecule has 0 saturated carbocycles. The molecule has 0 fully saturated rings.